The van der Waals surface area contributed by atoms with E-state index in [1.54, 1.807) is 48.6 Å². The van der Waals surface area contributed by atoms with E-state index in [1.807, 2.05) is 12.1 Å². The number of rotatable bonds is 6. The van der Waals surface area contributed by atoms with Gasteiger partial charge in [0.1, 0.15) is 12.4 Å². The quantitative estimate of drug-likeness (QED) is 0.417. The zero-order valence-electron chi connectivity index (χ0n) is 14.6. The number of ether oxygens (including phenoxy) is 1. The smallest absolute Gasteiger partial charge is 0.285 e. The third kappa shape index (κ3) is 4.81. The molecule has 0 aromatic heterocycles. The number of hydrogen-bond donors (Lipinski definition) is 1. The van der Waals surface area contributed by atoms with E-state index in [1.165, 1.54) is 0 Å². The van der Waals surface area contributed by atoms with Crippen molar-refractivity contribution >= 4 is 57.8 Å². The van der Waals surface area contributed by atoms with Crippen molar-refractivity contribution in [2.24, 2.45) is 0 Å². The molecule has 0 unspecified atom stereocenters. The largest absolute Gasteiger partial charge is 0.490 e. The standard InChI is InChI=1S/C20H15ClN2O3S2/c1-2-11-26-16-9-3-13(4-10-16)12-17-19(25)23(20(27)28-17)22-18(24)14-5-7-15(21)8-6-14/h2-10,12H,1,11H2,(H,22,24)/b17-12+. The Hall–Kier alpha value is -2.61. The van der Waals surface area contributed by atoms with Gasteiger partial charge in [-0.05, 0) is 60.3 Å². The molecule has 2 aromatic carbocycles. The Bertz CT molecular complexity index is 956. The highest BCUT2D eigenvalue weighted by atomic mass is 35.5. The van der Waals surface area contributed by atoms with Gasteiger partial charge in [0, 0.05) is 10.6 Å². The van der Waals surface area contributed by atoms with Crippen LogP contribution in [-0.4, -0.2) is 27.8 Å². The minimum atomic E-state index is -0.446. The highest BCUT2D eigenvalue weighted by Gasteiger charge is 2.33. The first-order chi connectivity index (χ1) is 13.5. The van der Waals surface area contributed by atoms with E-state index in [4.69, 9.17) is 28.6 Å². The van der Waals surface area contributed by atoms with Gasteiger partial charge in [-0.3, -0.25) is 15.0 Å². The van der Waals surface area contributed by atoms with Crippen LogP contribution in [0.15, 0.2) is 66.1 Å². The maximum Gasteiger partial charge on any atom is 0.285 e. The van der Waals surface area contributed by atoms with Gasteiger partial charge in [-0.15, -0.1) is 0 Å². The Labute approximate surface area is 177 Å². The Morgan fingerprint density at radius 1 is 1.21 bits per heavy atom. The van der Waals surface area contributed by atoms with Gasteiger partial charge in [0.05, 0.1) is 4.91 Å². The Morgan fingerprint density at radius 3 is 2.54 bits per heavy atom. The summed E-state index contributed by atoms with van der Waals surface area (Å²) in [7, 11) is 0. The van der Waals surface area contributed by atoms with Crippen molar-refractivity contribution in [1.82, 2.24) is 10.4 Å². The minimum absolute atomic E-state index is 0.254. The summed E-state index contributed by atoms with van der Waals surface area (Å²) in [6.45, 7) is 4.02. The van der Waals surface area contributed by atoms with E-state index in [9.17, 15) is 9.59 Å². The van der Waals surface area contributed by atoms with Crippen LogP contribution in [-0.2, 0) is 4.79 Å². The molecule has 0 radical (unpaired) electrons. The number of nitrogens with zero attached hydrogens (tertiary/aromatic N) is 1. The van der Waals surface area contributed by atoms with Gasteiger partial charge in [0.2, 0.25) is 0 Å². The number of thiocarbonyl (C=S) groups is 1. The van der Waals surface area contributed by atoms with Crippen LogP contribution in [0.2, 0.25) is 5.02 Å². The lowest BCUT2D eigenvalue weighted by molar-refractivity contribution is -0.123. The first-order valence-corrected chi connectivity index (χ1v) is 9.76. The van der Waals surface area contributed by atoms with Crippen molar-refractivity contribution in [2.45, 2.75) is 0 Å². The molecule has 1 heterocycles. The number of benzene rings is 2. The SMILES string of the molecule is C=CCOc1ccc(/C=C2/SC(=S)N(NC(=O)c3ccc(Cl)cc3)C2=O)cc1. The Morgan fingerprint density at radius 2 is 1.89 bits per heavy atom. The molecular formula is C20H15ClN2O3S2. The van der Waals surface area contributed by atoms with Gasteiger partial charge in [0.15, 0.2) is 4.32 Å². The lowest BCUT2D eigenvalue weighted by Crippen LogP contribution is -2.44. The van der Waals surface area contributed by atoms with E-state index in [-0.39, 0.29) is 10.2 Å². The van der Waals surface area contributed by atoms with Gasteiger partial charge in [-0.1, -0.05) is 48.2 Å². The zero-order valence-corrected chi connectivity index (χ0v) is 16.9. The van der Waals surface area contributed by atoms with Crippen LogP contribution in [0.4, 0.5) is 0 Å². The second kappa shape index (κ2) is 9.05. The molecule has 28 heavy (non-hydrogen) atoms. The van der Waals surface area contributed by atoms with E-state index in [2.05, 4.69) is 12.0 Å². The fraction of sp³-hybridized carbons (Fsp3) is 0.0500. The van der Waals surface area contributed by atoms with Crippen molar-refractivity contribution in [1.29, 1.82) is 0 Å². The third-order valence-corrected chi connectivity index (χ3v) is 5.21. The summed E-state index contributed by atoms with van der Waals surface area (Å²) in [6.07, 6.45) is 3.38. The number of thioether (sulfide) groups is 1. The molecule has 1 N–H and O–H groups in total. The molecule has 1 aliphatic rings. The molecule has 0 saturated carbocycles. The van der Waals surface area contributed by atoms with Crippen molar-refractivity contribution in [2.75, 3.05) is 6.61 Å². The molecule has 8 heteroatoms. The van der Waals surface area contributed by atoms with Gasteiger partial charge in [-0.2, -0.15) is 5.01 Å². The summed E-state index contributed by atoms with van der Waals surface area (Å²) in [5.74, 6) is -0.123. The number of amides is 2. The summed E-state index contributed by atoms with van der Waals surface area (Å²) < 4.78 is 5.69. The van der Waals surface area contributed by atoms with Crippen molar-refractivity contribution < 1.29 is 14.3 Å². The van der Waals surface area contributed by atoms with Crippen LogP contribution in [0, 0.1) is 0 Å². The summed E-state index contributed by atoms with van der Waals surface area (Å²) in [4.78, 5) is 25.4. The lowest BCUT2D eigenvalue weighted by Gasteiger charge is -2.15. The van der Waals surface area contributed by atoms with Crippen molar-refractivity contribution in [3.8, 4) is 5.75 Å². The molecule has 2 amide bonds. The molecule has 1 fully saturated rings. The van der Waals surface area contributed by atoms with Gasteiger partial charge < -0.3 is 4.74 Å². The van der Waals surface area contributed by atoms with Crippen LogP contribution < -0.4 is 10.2 Å². The summed E-state index contributed by atoms with van der Waals surface area (Å²) in [6, 6.07) is 13.6. The maximum absolute atomic E-state index is 12.6. The Balaban J connectivity index is 1.70. The number of hydrogen-bond acceptors (Lipinski definition) is 5. The topological polar surface area (TPSA) is 58.6 Å². The van der Waals surface area contributed by atoms with E-state index < -0.39 is 5.91 Å². The molecule has 5 nitrogen and oxygen atoms in total. The first kappa shape index (κ1) is 20.1. The number of nitrogens with one attached hydrogen (secondary N) is 1. The molecule has 2 aromatic rings. The predicted octanol–water partition coefficient (Wildman–Crippen LogP) is 4.45. The van der Waals surface area contributed by atoms with Crippen molar-refractivity contribution in [3.05, 3.63) is 82.2 Å². The van der Waals surface area contributed by atoms with E-state index in [0.717, 1.165) is 22.3 Å². The molecule has 0 bridgehead atoms. The molecule has 0 spiro atoms. The minimum Gasteiger partial charge on any atom is -0.490 e. The normalized spacial score (nSPS) is 15.0. The van der Waals surface area contributed by atoms with E-state index >= 15 is 0 Å². The van der Waals surface area contributed by atoms with Crippen molar-refractivity contribution in [3.63, 3.8) is 0 Å². The maximum atomic E-state index is 12.6. The van der Waals surface area contributed by atoms with E-state index in [0.29, 0.717) is 27.8 Å². The van der Waals surface area contributed by atoms with Gasteiger partial charge in [0.25, 0.3) is 11.8 Å². The number of halogens is 1. The van der Waals surface area contributed by atoms with Gasteiger partial charge in [-0.25, -0.2) is 0 Å². The third-order valence-electron chi connectivity index (χ3n) is 3.66. The number of carbonyl (C=O) groups excluding carboxylic acids is 2. The molecular weight excluding hydrogens is 416 g/mol. The summed E-state index contributed by atoms with van der Waals surface area (Å²) >= 11 is 12.2. The highest BCUT2D eigenvalue weighted by molar-refractivity contribution is 8.26. The first-order valence-electron chi connectivity index (χ1n) is 8.16. The predicted molar refractivity (Wildman–Crippen MR) is 116 cm³/mol. The summed E-state index contributed by atoms with van der Waals surface area (Å²) in [5.41, 5.74) is 3.72. The Kier molecular flexibility index (Phi) is 6.51. The molecule has 1 saturated heterocycles. The van der Waals surface area contributed by atoms with Crippen LogP contribution in [0.5, 0.6) is 5.75 Å². The molecule has 1 aliphatic heterocycles. The molecule has 3 rings (SSSR count). The summed E-state index contributed by atoms with van der Waals surface area (Å²) in [5, 5.41) is 1.59. The fourth-order valence-electron chi connectivity index (χ4n) is 2.30. The van der Waals surface area contributed by atoms with Crippen LogP contribution in [0.3, 0.4) is 0 Å². The number of hydrazine groups is 1. The monoisotopic (exact) mass is 430 g/mol. The second-order valence-corrected chi connectivity index (χ2v) is 7.75. The highest BCUT2D eigenvalue weighted by Crippen LogP contribution is 2.31. The van der Waals surface area contributed by atoms with Crippen LogP contribution in [0.25, 0.3) is 6.08 Å². The number of carbonyl (C=O) groups is 2. The van der Waals surface area contributed by atoms with Gasteiger partial charge >= 0.3 is 0 Å². The fourth-order valence-corrected chi connectivity index (χ4v) is 3.60. The molecule has 0 atom stereocenters. The second-order valence-electron chi connectivity index (χ2n) is 5.63. The van der Waals surface area contributed by atoms with Crippen LogP contribution in [0.1, 0.15) is 15.9 Å². The lowest BCUT2D eigenvalue weighted by atomic mass is 10.2. The molecule has 0 aliphatic carbocycles. The zero-order chi connectivity index (χ0) is 20.1. The molecule has 142 valence electrons. The average Bonchev–Trinajstić information content (AvgIpc) is 2.95. The van der Waals surface area contributed by atoms with Crippen LogP contribution >= 0.6 is 35.6 Å². The average molecular weight is 431 g/mol.